The summed E-state index contributed by atoms with van der Waals surface area (Å²) in [6.45, 7) is 0.878. The molecule has 2 rings (SSSR count). The number of carbonyl (C=O) groups is 1. The fourth-order valence-corrected chi connectivity index (χ4v) is 1.89. The van der Waals surface area contributed by atoms with Gasteiger partial charge in [0.2, 0.25) is 0 Å². The molecule has 1 aliphatic carbocycles. The van der Waals surface area contributed by atoms with Crippen LogP contribution >= 0.6 is 0 Å². The van der Waals surface area contributed by atoms with Crippen LogP contribution in [0, 0.1) is 5.92 Å². The summed E-state index contributed by atoms with van der Waals surface area (Å²) >= 11 is 0. The topological polar surface area (TPSA) is 49.3 Å². The van der Waals surface area contributed by atoms with Gasteiger partial charge in [0.25, 0.3) is 0 Å². The Morgan fingerprint density at radius 2 is 2.50 bits per heavy atom. The summed E-state index contributed by atoms with van der Waals surface area (Å²) in [7, 11) is 0. The van der Waals surface area contributed by atoms with Crippen LogP contribution in [0.15, 0.2) is 0 Å². The molecule has 2 aliphatic rings. The quantitative estimate of drug-likeness (QED) is 0.549. The minimum Gasteiger partial charge on any atom is -0.480 e. The highest BCUT2D eigenvalue weighted by Gasteiger charge is 2.60. The first-order valence-electron chi connectivity index (χ1n) is 3.74. The molecule has 2 fully saturated rings. The highest BCUT2D eigenvalue weighted by atomic mass is 16.4. The lowest BCUT2D eigenvalue weighted by Gasteiger charge is -2.18. The molecule has 1 saturated carbocycles. The summed E-state index contributed by atoms with van der Waals surface area (Å²) in [5, 5.41) is 11.8. The molecule has 10 heavy (non-hydrogen) atoms. The van der Waals surface area contributed by atoms with Crippen LogP contribution in [0.1, 0.15) is 19.3 Å². The van der Waals surface area contributed by atoms with E-state index in [1.807, 2.05) is 0 Å². The summed E-state index contributed by atoms with van der Waals surface area (Å²) in [5.41, 5.74) is -0.488. The number of rotatable bonds is 1. The molecule has 1 heterocycles. The smallest absolute Gasteiger partial charge is 0.324 e. The second-order valence-corrected chi connectivity index (χ2v) is 3.25. The number of hydrogen-bond donors (Lipinski definition) is 2. The SMILES string of the molecule is O=C(O)[C@@]12C[C@H]1CCCN2. The Bertz CT molecular complexity index is 180. The van der Waals surface area contributed by atoms with Gasteiger partial charge in [-0.05, 0) is 31.7 Å². The third kappa shape index (κ3) is 0.611. The van der Waals surface area contributed by atoms with Crippen LogP contribution in [0.2, 0.25) is 0 Å². The minimum absolute atomic E-state index is 0.429. The van der Waals surface area contributed by atoms with Gasteiger partial charge in [0, 0.05) is 0 Å². The average molecular weight is 141 g/mol. The van der Waals surface area contributed by atoms with Crippen molar-refractivity contribution in [2.45, 2.75) is 24.8 Å². The molecule has 56 valence electrons. The summed E-state index contributed by atoms with van der Waals surface area (Å²) in [4.78, 5) is 10.7. The van der Waals surface area contributed by atoms with Crippen LogP contribution in [0.4, 0.5) is 0 Å². The molecule has 0 spiro atoms. The number of piperidine rings is 1. The molecular weight excluding hydrogens is 130 g/mol. The van der Waals surface area contributed by atoms with Gasteiger partial charge in [-0.15, -0.1) is 0 Å². The highest BCUT2D eigenvalue weighted by Crippen LogP contribution is 2.48. The maximum Gasteiger partial charge on any atom is 0.324 e. The second kappa shape index (κ2) is 1.72. The predicted molar refractivity (Wildman–Crippen MR) is 35.7 cm³/mol. The number of fused-ring (bicyclic) bond motifs is 1. The van der Waals surface area contributed by atoms with E-state index in [0.29, 0.717) is 5.92 Å². The fraction of sp³-hybridized carbons (Fsp3) is 0.857. The van der Waals surface area contributed by atoms with Crippen molar-refractivity contribution in [2.24, 2.45) is 5.92 Å². The van der Waals surface area contributed by atoms with Crippen molar-refractivity contribution in [3.8, 4) is 0 Å². The number of hydrogen-bond acceptors (Lipinski definition) is 2. The van der Waals surface area contributed by atoms with E-state index in [1.165, 1.54) is 0 Å². The molecule has 3 heteroatoms. The molecule has 0 bridgehead atoms. The zero-order valence-electron chi connectivity index (χ0n) is 5.76. The monoisotopic (exact) mass is 141 g/mol. The van der Waals surface area contributed by atoms with E-state index in [-0.39, 0.29) is 0 Å². The molecule has 0 amide bonds. The molecule has 3 nitrogen and oxygen atoms in total. The van der Waals surface area contributed by atoms with E-state index in [9.17, 15) is 4.79 Å². The molecule has 0 aromatic carbocycles. The summed E-state index contributed by atoms with van der Waals surface area (Å²) in [5.74, 6) is -0.226. The fourth-order valence-electron chi connectivity index (χ4n) is 1.89. The van der Waals surface area contributed by atoms with Gasteiger partial charge in [-0.3, -0.25) is 4.79 Å². The Hall–Kier alpha value is -0.570. The van der Waals surface area contributed by atoms with E-state index < -0.39 is 11.5 Å². The maximum absolute atomic E-state index is 10.7. The van der Waals surface area contributed by atoms with E-state index in [0.717, 1.165) is 25.8 Å². The zero-order chi connectivity index (χ0) is 7.19. The summed E-state index contributed by atoms with van der Waals surface area (Å²) in [6.07, 6.45) is 3.08. The van der Waals surface area contributed by atoms with Crippen LogP contribution in [-0.2, 0) is 4.79 Å². The Morgan fingerprint density at radius 1 is 1.70 bits per heavy atom. The van der Waals surface area contributed by atoms with Crippen molar-refractivity contribution in [1.29, 1.82) is 0 Å². The highest BCUT2D eigenvalue weighted by molar-refractivity contribution is 5.83. The zero-order valence-corrected chi connectivity index (χ0v) is 5.76. The van der Waals surface area contributed by atoms with Gasteiger partial charge in [0.15, 0.2) is 0 Å². The van der Waals surface area contributed by atoms with Gasteiger partial charge in [-0.1, -0.05) is 0 Å². The van der Waals surface area contributed by atoms with Crippen LogP contribution < -0.4 is 5.32 Å². The molecule has 0 radical (unpaired) electrons. The van der Waals surface area contributed by atoms with Crippen LogP contribution in [0.3, 0.4) is 0 Å². The third-order valence-corrected chi connectivity index (χ3v) is 2.66. The largest absolute Gasteiger partial charge is 0.480 e. The Labute approximate surface area is 59.4 Å². The van der Waals surface area contributed by atoms with E-state index in [4.69, 9.17) is 5.11 Å². The molecule has 0 aromatic heterocycles. The molecule has 1 saturated heterocycles. The van der Waals surface area contributed by atoms with Crippen molar-refractivity contribution < 1.29 is 9.90 Å². The van der Waals surface area contributed by atoms with Crippen LogP contribution in [0.25, 0.3) is 0 Å². The van der Waals surface area contributed by atoms with E-state index >= 15 is 0 Å². The van der Waals surface area contributed by atoms with Crippen molar-refractivity contribution in [3.63, 3.8) is 0 Å². The minimum atomic E-state index is -0.655. The van der Waals surface area contributed by atoms with Gasteiger partial charge in [-0.25, -0.2) is 0 Å². The molecule has 0 unspecified atom stereocenters. The number of aliphatic carboxylic acids is 1. The van der Waals surface area contributed by atoms with Gasteiger partial charge >= 0.3 is 5.97 Å². The predicted octanol–water partition coefficient (Wildman–Crippen LogP) is 0.213. The molecule has 2 N–H and O–H groups in total. The first-order chi connectivity index (χ1) is 4.76. The van der Waals surface area contributed by atoms with Crippen molar-refractivity contribution in [3.05, 3.63) is 0 Å². The van der Waals surface area contributed by atoms with E-state index in [2.05, 4.69) is 5.32 Å². The maximum atomic E-state index is 10.7. The number of nitrogens with one attached hydrogen (secondary N) is 1. The lowest BCUT2D eigenvalue weighted by molar-refractivity contribution is -0.141. The van der Waals surface area contributed by atoms with Crippen molar-refractivity contribution in [1.82, 2.24) is 5.32 Å². The van der Waals surface area contributed by atoms with Crippen LogP contribution in [-0.4, -0.2) is 23.2 Å². The average Bonchev–Trinajstić information content (AvgIpc) is 2.61. The first kappa shape index (κ1) is 6.16. The van der Waals surface area contributed by atoms with E-state index in [1.54, 1.807) is 0 Å². The standard InChI is InChI=1S/C7H11NO2/c9-6(10)7-4-5(7)2-1-3-8-7/h5,8H,1-4H2,(H,9,10)/t5-,7-/m1/s1. The van der Waals surface area contributed by atoms with Crippen molar-refractivity contribution in [2.75, 3.05) is 6.54 Å². The van der Waals surface area contributed by atoms with Crippen molar-refractivity contribution >= 4 is 5.97 Å². The molecular formula is C7H11NO2. The molecule has 1 aliphatic heterocycles. The van der Waals surface area contributed by atoms with Gasteiger partial charge in [-0.2, -0.15) is 0 Å². The third-order valence-electron chi connectivity index (χ3n) is 2.66. The number of carboxylic acid groups (broad SMARTS) is 1. The van der Waals surface area contributed by atoms with Crippen LogP contribution in [0.5, 0.6) is 0 Å². The van der Waals surface area contributed by atoms with Gasteiger partial charge in [0.05, 0.1) is 0 Å². The lowest BCUT2D eigenvalue weighted by atomic mass is 10.1. The lowest BCUT2D eigenvalue weighted by Crippen LogP contribution is -2.44. The Kier molecular flexibility index (Phi) is 1.06. The Morgan fingerprint density at radius 3 is 3.00 bits per heavy atom. The first-order valence-corrected chi connectivity index (χ1v) is 3.74. The number of carboxylic acids is 1. The summed E-state index contributed by atoms with van der Waals surface area (Å²) in [6, 6.07) is 0. The molecule has 0 aromatic rings. The normalized spacial score (nSPS) is 44.2. The summed E-state index contributed by atoms with van der Waals surface area (Å²) < 4.78 is 0. The van der Waals surface area contributed by atoms with Gasteiger partial charge < -0.3 is 10.4 Å². The molecule has 2 atom stereocenters. The second-order valence-electron chi connectivity index (χ2n) is 3.25. The Balaban J connectivity index is 2.12. The van der Waals surface area contributed by atoms with Gasteiger partial charge in [0.1, 0.15) is 5.54 Å².